The highest BCUT2D eigenvalue weighted by Crippen LogP contribution is 2.30. The lowest BCUT2D eigenvalue weighted by atomic mass is 10.0. The minimum atomic E-state index is -0.588. The average molecular weight is 300 g/mol. The monoisotopic (exact) mass is 300 g/mol. The molecule has 1 fully saturated rings. The van der Waals surface area contributed by atoms with Gasteiger partial charge in [-0.25, -0.2) is 0 Å². The Bertz CT molecular complexity index is 668. The lowest BCUT2D eigenvalue weighted by molar-refractivity contribution is -0.136. The molecule has 0 bridgehead atoms. The zero-order valence-corrected chi connectivity index (χ0v) is 12.0. The van der Waals surface area contributed by atoms with Crippen LogP contribution in [0.1, 0.15) is 28.8 Å². The maximum Gasteiger partial charge on any atom is 0.255 e. The molecule has 3 amide bonds. The lowest BCUT2D eigenvalue weighted by Gasteiger charge is -2.29. The summed E-state index contributed by atoms with van der Waals surface area (Å²) in [6.45, 7) is 4.33. The Kier molecular flexibility index (Phi) is 3.66. The third-order valence-corrected chi connectivity index (χ3v) is 3.86. The lowest BCUT2D eigenvalue weighted by Crippen LogP contribution is -2.52. The van der Waals surface area contributed by atoms with Gasteiger partial charge in [0.25, 0.3) is 5.91 Å². The molecule has 1 atom stereocenters. The van der Waals surface area contributed by atoms with Crippen LogP contribution >= 0.6 is 0 Å². The van der Waals surface area contributed by atoms with Crippen LogP contribution in [0.4, 0.5) is 0 Å². The Balaban J connectivity index is 1.80. The number of rotatable bonds is 4. The average Bonchev–Trinajstić information content (AvgIpc) is 2.82. The van der Waals surface area contributed by atoms with Crippen LogP contribution in [0.25, 0.3) is 0 Å². The molecule has 0 saturated carbocycles. The van der Waals surface area contributed by atoms with Gasteiger partial charge in [-0.1, -0.05) is 12.7 Å². The number of hydrogen-bond donors (Lipinski definition) is 1. The van der Waals surface area contributed by atoms with Crippen LogP contribution < -0.4 is 10.1 Å². The molecular formula is C16H16N2O4. The van der Waals surface area contributed by atoms with Crippen LogP contribution in [-0.2, 0) is 16.1 Å². The van der Waals surface area contributed by atoms with E-state index in [1.54, 1.807) is 18.2 Å². The molecule has 0 spiro atoms. The van der Waals surface area contributed by atoms with Crippen molar-refractivity contribution in [2.75, 3.05) is 6.61 Å². The standard InChI is InChI=1S/C16H16N2O4/c1-2-7-22-11-3-4-12-10(8-11)9-18(16(12)21)13-5-6-14(19)17-15(13)20/h2-4,8,13H,1,5-7,9H2,(H,17,19,20). The van der Waals surface area contributed by atoms with E-state index in [0.29, 0.717) is 30.9 Å². The Morgan fingerprint density at radius 2 is 2.18 bits per heavy atom. The molecule has 1 aromatic carbocycles. The third kappa shape index (κ3) is 2.47. The molecule has 2 aliphatic heterocycles. The summed E-state index contributed by atoms with van der Waals surface area (Å²) in [5.41, 5.74) is 1.41. The first kappa shape index (κ1) is 14.3. The fourth-order valence-corrected chi connectivity index (χ4v) is 2.80. The topological polar surface area (TPSA) is 75.7 Å². The first-order valence-electron chi connectivity index (χ1n) is 7.11. The van der Waals surface area contributed by atoms with E-state index in [0.717, 1.165) is 5.56 Å². The second-order valence-electron chi connectivity index (χ2n) is 5.32. The largest absolute Gasteiger partial charge is 0.490 e. The van der Waals surface area contributed by atoms with E-state index >= 15 is 0 Å². The SMILES string of the molecule is C=CCOc1ccc2c(c1)CN(C1CCC(=O)NC1=O)C2=O. The molecule has 1 aromatic rings. The van der Waals surface area contributed by atoms with Crippen molar-refractivity contribution in [2.24, 2.45) is 0 Å². The van der Waals surface area contributed by atoms with E-state index in [-0.39, 0.29) is 18.2 Å². The van der Waals surface area contributed by atoms with Gasteiger partial charge in [0.2, 0.25) is 11.8 Å². The summed E-state index contributed by atoms with van der Waals surface area (Å²) in [6.07, 6.45) is 2.27. The fourth-order valence-electron chi connectivity index (χ4n) is 2.80. The predicted molar refractivity (Wildman–Crippen MR) is 78.2 cm³/mol. The Labute approximate surface area is 127 Å². The molecule has 3 rings (SSSR count). The summed E-state index contributed by atoms with van der Waals surface area (Å²) in [4.78, 5) is 37.1. The zero-order valence-electron chi connectivity index (χ0n) is 12.0. The van der Waals surface area contributed by atoms with Crippen LogP contribution in [0.3, 0.4) is 0 Å². The van der Waals surface area contributed by atoms with Gasteiger partial charge in [-0.15, -0.1) is 0 Å². The smallest absolute Gasteiger partial charge is 0.255 e. The van der Waals surface area contributed by atoms with Crippen molar-refractivity contribution in [3.63, 3.8) is 0 Å². The zero-order chi connectivity index (χ0) is 15.7. The van der Waals surface area contributed by atoms with Crippen LogP contribution in [0.15, 0.2) is 30.9 Å². The normalized spacial score (nSPS) is 20.6. The highest BCUT2D eigenvalue weighted by Gasteiger charge is 2.39. The number of benzene rings is 1. The number of imide groups is 1. The summed E-state index contributed by atoms with van der Waals surface area (Å²) in [7, 11) is 0. The number of fused-ring (bicyclic) bond motifs is 1. The first-order chi connectivity index (χ1) is 10.6. The summed E-state index contributed by atoms with van der Waals surface area (Å²) in [5, 5.41) is 2.29. The van der Waals surface area contributed by atoms with Crippen molar-refractivity contribution < 1.29 is 19.1 Å². The molecule has 0 aromatic heterocycles. The number of carbonyl (C=O) groups is 3. The van der Waals surface area contributed by atoms with Crippen molar-refractivity contribution >= 4 is 17.7 Å². The summed E-state index contributed by atoms with van der Waals surface area (Å²) >= 11 is 0. The summed E-state index contributed by atoms with van der Waals surface area (Å²) in [6, 6.07) is 4.66. The van der Waals surface area contributed by atoms with Crippen LogP contribution in [-0.4, -0.2) is 35.3 Å². The molecule has 6 nitrogen and oxygen atoms in total. The van der Waals surface area contributed by atoms with E-state index in [1.807, 2.05) is 6.07 Å². The minimum Gasteiger partial charge on any atom is -0.490 e. The number of piperidine rings is 1. The van der Waals surface area contributed by atoms with Crippen molar-refractivity contribution in [3.8, 4) is 5.75 Å². The maximum absolute atomic E-state index is 12.5. The predicted octanol–water partition coefficient (Wildman–Crippen LogP) is 1.01. The van der Waals surface area contributed by atoms with Gasteiger partial charge in [-0.3, -0.25) is 19.7 Å². The van der Waals surface area contributed by atoms with Gasteiger partial charge in [0.1, 0.15) is 18.4 Å². The van der Waals surface area contributed by atoms with Crippen molar-refractivity contribution in [2.45, 2.75) is 25.4 Å². The molecule has 1 unspecified atom stereocenters. The summed E-state index contributed by atoms with van der Waals surface area (Å²) in [5.74, 6) is -0.206. The molecule has 22 heavy (non-hydrogen) atoms. The molecule has 2 aliphatic rings. The van der Waals surface area contributed by atoms with Gasteiger partial charge >= 0.3 is 0 Å². The van der Waals surface area contributed by atoms with E-state index in [1.165, 1.54) is 4.90 Å². The molecule has 114 valence electrons. The van der Waals surface area contributed by atoms with Crippen molar-refractivity contribution in [3.05, 3.63) is 42.0 Å². The fraction of sp³-hybridized carbons (Fsp3) is 0.312. The first-order valence-corrected chi connectivity index (χ1v) is 7.11. The number of nitrogens with zero attached hydrogens (tertiary/aromatic N) is 1. The Morgan fingerprint density at radius 3 is 2.91 bits per heavy atom. The van der Waals surface area contributed by atoms with Crippen LogP contribution in [0.2, 0.25) is 0 Å². The number of ether oxygens (including phenoxy) is 1. The minimum absolute atomic E-state index is 0.181. The second kappa shape index (κ2) is 5.63. The highest BCUT2D eigenvalue weighted by molar-refractivity contribution is 6.05. The van der Waals surface area contributed by atoms with Gasteiger partial charge < -0.3 is 9.64 Å². The Morgan fingerprint density at radius 1 is 1.36 bits per heavy atom. The second-order valence-corrected chi connectivity index (χ2v) is 5.32. The van der Waals surface area contributed by atoms with Crippen molar-refractivity contribution in [1.82, 2.24) is 10.2 Å². The van der Waals surface area contributed by atoms with Crippen LogP contribution in [0.5, 0.6) is 5.75 Å². The van der Waals surface area contributed by atoms with E-state index in [2.05, 4.69) is 11.9 Å². The highest BCUT2D eigenvalue weighted by atomic mass is 16.5. The van der Waals surface area contributed by atoms with E-state index < -0.39 is 11.9 Å². The van der Waals surface area contributed by atoms with E-state index in [9.17, 15) is 14.4 Å². The van der Waals surface area contributed by atoms with Crippen LogP contribution in [0, 0.1) is 0 Å². The van der Waals surface area contributed by atoms with Gasteiger partial charge in [-0.2, -0.15) is 0 Å². The maximum atomic E-state index is 12.5. The van der Waals surface area contributed by atoms with E-state index in [4.69, 9.17) is 4.74 Å². The van der Waals surface area contributed by atoms with Gasteiger partial charge in [0.15, 0.2) is 0 Å². The van der Waals surface area contributed by atoms with Gasteiger partial charge in [0.05, 0.1) is 0 Å². The number of amides is 3. The third-order valence-electron chi connectivity index (χ3n) is 3.86. The number of nitrogens with one attached hydrogen (secondary N) is 1. The van der Waals surface area contributed by atoms with Gasteiger partial charge in [0, 0.05) is 18.5 Å². The molecule has 1 saturated heterocycles. The molecule has 6 heteroatoms. The summed E-state index contributed by atoms with van der Waals surface area (Å²) < 4.78 is 5.46. The van der Waals surface area contributed by atoms with Crippen molar-refractivity contribution in [1.29, 1.82) is 0 Å². The molecule has 1 N–H and O–H groups in total. The number of carbonyl (C=O) groups excluding carboxylic acids is 3. The molecular weight excluding hydrogens is 284 g/mol. The quantitative estimate of drug-likeness (QED) is 0.665. The molecule has 2 heterocycles. The molecule has 0 radical (unpaired) electrons. The number of hydrogen-bond acceptors (Lipinski definition) is 4. The Hall–Kier alpha value is -2.63. The van der Waals surface area contributed by atoms with Gasteiger partial charge in [-0.05, 0) is 30.2 Å². The molecule has 0 aliphatic carbocycles.